The maximum atomic E-state index is 10.7. The SMILES string of the molecule is COCCn1c(SCC(=O)O)nnc1-c1ncccc1Br. The fourth-order valence-electron chi connectivity index (χ4n) is 1.63. The summed E-state index contributed by atoms with van der Waals surface area (Å²) in [5, 5.41) is 17.5. The number of rotatable bonds is 7. The molecule has 2 aromatic heterocycles. The molecule has 0 aromatic carbocycles. The maximum absolute atomic E-state index is 10.7. The molecule has 2 rings (SSSR count). The molecule has 2 heterocycles. The molecule has 0 saturated carbocycles. The molecule has 0 amide bonds. The van der Waals surface area contributed by atoms with Gasteiger partial charge in [0.25, 0.3) is 0 Å². The average Bonchev–Trinajstić information content (AvgIpc) is 2.86. The van der Waals surface area contributed by atoms with Gasteiger partial charge in [-0.05, 0) is 28.1 Å². The van der Waals surface area contributed by atoms with Crippen LogP contribution < -0.4 is 0 Å². The summed E-state index contributed by atoms with van der Waals surface area (Å²) in [5.41, 5.74) is 0.656. The third-order valence-electron chi connectivity index (χ3n) is 2.53. The number of pyridine rings is 1. The third-order valence-corrected chi connectivity index (χ3v) is 4.12. The molecule has 0 aliphatic rings. The van der Waals surface area contributed by atoms with E-state index >= 15 is 0 Å². The molecule has 1 N–H and O–H groups in total. The summed E-state index contributed by atoms with van der Waals surface area (Å²) in [5.74, 6) is -0.400. The normalized spacial score (nSPS) is 10.8. The first-order chi connectivity index (χ1) is 10.1. The zero-order valence-corrected chi connectivity index (χ0v) is 13.6. The number of aromatic nitrogens is 4. The molecule has 0 atom stereocenters. The van der Waals surface area contributed by atoms with Crippen LogP contribution in [0.2, 0.25) is 0 Å². The number of halogens is 1. The monoisotopic (exact) mass is 372 g/mol. The molecule has 0 aliphatic carbocycles. The van der Waals surface area contributed by atoms with E-state index in [0.29, 0.717) is 29.8 Å². The highest BCUT2D eigenvalue weighted by Crippen LogP contribution is 2.27. The summed E-state index contributed by atoms with van der Waals surface area (Å²) >= 11 is 4.55. The second kappa shape index (κ2) is 7.53. The van der Waals surface area contributed by atoms with Crippen LogP contribution in [0, 0.1) is 0 Å². The lowest BCUT2D eigenvalue weighted by Gasteiger charge is -2.09. The Morgan fingerprint density at radius 1 is 1.52 bits per heavy atom. The van der Waals surface area contributed by atoms with Crippen molar-refractivity contribution in [3.8, 4) is 11.5 Å². The van der Waals surface area contributed by atoms with Gasteiger partial charge in [0.05, 0.1) is 18.9 Å². The minimum Gasteiger partial charge on any atom is -0.481 e. The van der Waals surface area contributed by atoms with Gasteiger partial charge in [0, 0.05) is 17.8 Å². The van der Waals surface area contributed by atoms with Gasteiger partial charge in [-0.25, -0.2) is 0 Å². The van der Waals surface area contributed by atoms with Crippen LogP contribution in [0.5, 0.6) is 0 Å². The largest absolute Gasteiger partial charge is 0.481 e. The third kappa shape index (κ3) is 4.02. The molecule has 0 fully saturated rings. The molecule has 0 radical (unpaired) electrons. The predicted molar refractivity (Wildman–Crippen MR) is 81.2 cm³/mol. The van der Waals surface area contributed by atoms with Crippen molar-refractivity contribution >= 4 is 33.7 Å². The molecule has 9 heteroatoms. The van der Waals surface area contributed by atoms with Crippen molar-refractivity contribution in [1.82, 2.24) is 19.7 Å². The first-order valence-corrected chi connectivity index (χ1v) is 7.79. The Kier molecular flexibility index (Phi) is 5.71. The second-order valence-electron chi connectivity index (χ2n) is 3.97. The zero-order valence-electron chi connectivity index (χ0n) is 11.2. The first-order valence-electron chi connectivity index (χ1n) is 6.01. The molecule has 2 aromatic rings. The van der Waals surface area contributed by atoms with Crippen LogP contribution in [0.25, 0.3) is 11.5 Å². The first kappa shape index (κ1) is 15.9. The van der Waals surface area contributed by atoms with Gasteiger partial charge in [0.1, 0.15) is 5.69 Å². The van der Waals surface area contributed by atoms with Crippen LogP contribution in [0.1, 0.15) is 0 Å². The van der Waals surface area contributed by atoms with Crippen molar-refractivity contribution in [2.45, 2.75) is 11.7 Å². The molecule has 0 unspecified atom stereocenters. The van der Waals surface area contributed by atoms with E-state index in [-0.39, 0.29) is 5.75 Å². The smallest absolute Gasteiger partial charge is 0.313 e. The van der Waals surface area contributed by atoms with Crippen molar-refractivity contribution in [3.05, 3.63) is 22.8 Å². The Hall–Kier alpha value is -1.45. The van der Waals surface area contributed by atoms with Crippen molar-refractivity contribution in [3.63, 3.8) is 0 Å². The number of thioether (sulfide) groups is 1. The number of aliphatic carboxylic acids is 1. The lowest BCUT2D eigenvalue weighted by molar-refractivity contribution is -0.133. The number of carbonyl (C=O) groups is 1. The Morgan fingerprint density at radius 3 is 3.00 bits per heavy atom. The van der Waals surface area contributed by atoms with Crippen LogP contribution in [0.15, 0.2) is 28.0 Å². The predicted octanol–water partition coefficient (Wildman–Crippen LogP) is 1.93. The molecule has 21 heavy (non-hydrogen) atoms. The van der Waals surface area contributed by atoms with Gasteiger partial charge in [-0.3, -0.25) is 14.3 Å². The standard InChI is InChI=1S/C12H13BrN4O3S/c1-20-6-5-17-11(10-8(13)3-2-4-14-10)15-16-12(17)21-7-9(18)19/h2-4H,5-7H2,1H3,(H,18,19). The van der Waals surface area contributed by atoms with E-state index in [1.807, 2.05) is 16.7 Å². The molecule has 112 valence electrons. The lowest BCUT2D eigenvalue weighted by Crippen LogP contribution is -2.09. The summed E-state index contributed by atoms with van der Waals surface area (Å²) in [6.45, 7) is 0.986. The van der Waals surface area contributed by atoms with Gasteiger partial charge in [0.15, 0.2) is 11.0 Å². The highest BCUT2D eigenvalue weighted by Gasteiger charge is 2.17. The van der Waals surface area contributed by atoms with E-state index < -0.39 is 5.97 Å². The summed E-state index contributed by atoms with van der Waals surface area (Å²) in [6, 6.07) is 3.67. The van der Waals surface area contributed by atoms with Gasteiger partial charge in [-0.2, -0.15) is 0 Å². The molecule has 0 saturated heterocycles. The van der Waals surface area contributed by atoms with E-state index in [4.69, 9.17) is 9.84 Å². The number of carboxylic acid groups (broad SMARTS) is 1. The number of hydrogen-bond donors (Lipinski definition) is 1. The lowest BCUT2D eigenvalue weighted by atomic mass is 10.3. The van der Waals surface area contributed by atoms with Gasteiger partial charge in [-0.15, -0.1) is 10.2 Å². The Morgan fingerprint density at radius 2 is 2.33 bits per heavy atom. The quantitative estimate of drug-likeness (QED) is 0.742. The summed E-state index contributed by atoms with van der Waals surface area (Å²) in [4.78, 5) is 15.0. The number of carboxylic acids is 1. The van der Waals surface area contributed by atoms with Crippen molar-refractivity contribution in [1.29, 1.82) is 0 Å². The molecular formula is C12H13BrN4O3S. The van der Waals surface area contributed by atoms with Gasteiger partial charge >= 0.3 is 5.97 Å². The maximum Gasteiger partial charge on any atom is 0.313 e. The van der Waals surface area contributed by atoms with E-state index in [9.17, 15) is 4.79 Å². The van der Waals surface area contributed by atoms with E-state index in [1.54, 1.807) is 13.3 Å². The average molecular weight is 373 g/mol. The van der Waals surface area contributed by atoms with E-state index in [1.165, 1.54) is 0 Å². The molecular weight excluding hydrogens is 360 g/mol. The summed E-state index contributed by atoms with van der Waals surface area (Å²) in [7, 11) is 1.60. The minimum atomic E-state index is -0.901. The molecule has 7 nitrogen and oxygen atoms in total. The van der Waals surface area contributed by atoms with Crippen LogP contribution in [0.4, 0.5) is 0 Å². The zero-order chi connectivity index (χ0) is 15.2. The number of methoxy groups -OCH3 is 1. The van der Waals surface area contributed by atoms with E-state index in [0.717, 1.165) is 16.2 Å². The van der Waals surface area contributed by atoms with Crippen LogP contribution in [-0.4, -0.2) is 50.3 Å². The van der Waals surface area contributed by atoms with Crippen LogP contribution in [-0.2, 0) is 16.1 Å². The molecule has 0 bridgehead atoms. The fraction of sp³-hybridized carbons (Fsp3) is 0.333. The van der Waals surface area contributed by atoms with E-state index in [2.05, 4.69) is 31.1 Å². The van der Waals surface area contributed by atoms with Crippen molar-refractivity contribution in [2.75, 3.05) is 19.5 Å². The van der Waals surface area contributed by atoms with Gasteiger partial charge < -0.3 is 9.84 Å². The summed E-state index contributed by atoms with van der Waals surface area (Å²) < 4.78 is 7.69. The number of nitrogens with zero attached hydrogens (tertiary/aromatic N) is 4. The van der Waals surface area contributed by atoms with Gasteiger partial charge in [0.2, 0.25) is 0 Å². The highest BCUT2D eigenvalue weighted by atomic mass is 79.9. The molecule has 0 spiro atoms. The Balaban J connectivity index is 2.36. The highest BCUT2D eigenvalue weighted by molar-refractivity contribution is 9.10. The van der Waals surface area contributed by atoms with Gasteiger partial charge in [-0.1, -0.05) is 11.8 Å². The number of hydrogen-bond acceptors (Lipinski definition) is 6. The summed E-state index contributed by atoms with van der Waals surface area (Å²) in [6.07, 6.45) is 1.67. The Bertz CT molecular complexity index is 635. The molecule has 0 aliphatic heterocycles. The van der Waals surface area contributed by atoms with Crippen LogP contribution >= 0.6 is 27.7 Å². The Labute approximate surface area is 133 Å². The topological polar surface area (TPSA) is 90.1 Å². The van der Waals surface area contributed by atoms with Crippen LogP contribution in [0.3, 0.4) is 0 Å². The van der Waals surface area contributed by atoms with Crippen molar-refractivity contribution in [2.24, 2.45) is 0 Å². The van der Waals surface area contributed by atoms with Crippen molar-refractivity contribution < 1.29 is 14.6 Å². The minimum absolute atomic E-state index is 0.0749. The number of ether oxygens (including phenoxy) is 1. The second-order valence-corrected chi connectivity index (χ2v) is 5.76. The fourth-order valence-corrected chi connectivity index (χ4v) is 2.75.